The standard InChI is InChI=1S/C25H33FN4O/c1-18-23(15-24(31)30-13-4-3-5-14-30)19(2)28-25(27-18)21-7-6-12-29(17-21)16-20-8-10-22(26)11-9-20/h8-11,21H,3-7,12-17H2,1-2H3. The minimum atomic E-state index is -0.196. The predicted octanol–water partition coefficient (Wildman–Crippen LogP) is 4.17. The molecule has 4 rings (SSSR count). The number of aryl methyl sites for hydroxylation is 2. The van der Waals surface area contributed by atoms with Gasteiger partial charge in [0.25, 0.3) is 0 Å². The van der Waals surface area contributed by atoms with E-state index in [0.29, 0.717) is 12.3 Å². The van der Waals surface area contributed by atoms with Gasteiger partial charge in [-0.05, 0) is 70.2 Å². The smallest absolute Gasteiger partial charge is 0.227 e. The van der Waals surface area contributed by atoms with Crippen LogP contribution in [0.2, 0.25) is 0 Å². The lowest BCUT2D eigenvalue weighted by atomic mass is 9.96. The van der Waals surface area contributed by atoms with Crippen molar-refractivity contribution < 1.29 is 9.18 Å². The van der Waals surface area contributed by atoms with Gasteiger partial charge in [-0.1, -0.05) is 12.1 Å². The lowest BCUT2D eigenvalue weighted by Crippen LogP contribution is -2.37. The van der Waals surface area contributed by atoms with Gasteiger partial charge in [0, 0.05) is 49.0 Å². The van der Waals surface area contributed by atoms with Gasteiger partial charge in [-0.15, -0.1) is 0 Å². The van der Waals surface area contributed by atoms with Crippen molar-refractivity contribution in [3.63, 3.8) is 0 Å². The first kappa shape index (κ1) is 21.9. The van der Waals surface area contributed by atoms with Crippen molar-refractivity contribution in [3.05, 3.63) is 58.4 Å². The minimum Gasteiger partial charge on any atom is -0.342 e. The molecule has 0 bridgehead atoms. The number of aromatic nitrogens is 2. The molecule has 2 saturated heterocycles. The summed E-state index contributed by atoms with van der Waals surface area (Å²) >= 11 is 0. The fourth-order valence-corrected chi connectivity index (χ4v) is 4.87. The highest BCUT2D eigenvalue weighted by molar-refractivity contribution is 5.79. The lowest BCUT2D eigenvalue weighted by Gasteiger charge is -2.32. The third kappa shape index (κ3) is 5.48. The lowest BCUT2D eigenvalue weighted by molar-refractivity contribution is -0.131. The summed E-state index contributed by atoms with van der Waals surface area (Å²) in [6, 6.07) is 6.77. The number of piperidine rings is 2. The van der Waals surface area contributed by atoms with E-state index in [1.807, 2.05) is 30.9 Å². The normalized spacial score (nSPS) is 20.1. The maximum atomic E-state index is 13.2. The third-order valence-electron chi connectivity index (χ3n) is 6.66. The molecule has 3 heterocycles. The Balaban J connectivity index is 1.43. The van der Waals surface area contributed by atoms with E-state index in [1.54, 1.807) is 0 Å². The van der Waals surface area contributed by atoms with Gasteiger partial charge in [0.2, 0.25) is 5.91 Å². The first-order chi connectivity index (χ1) is 15.0. The zero-order valence-corrected chi connectivity index (χ0v) is 18.7. The van der Waals surface area contributed by atoms with E-state index in [1.165, 1.54) is 18.6 Å². The summed E-state index contributed by atoms with van der Waals surface area (Å²) in [6.45, 7) is 8.53. The summed E-state index contributed by atoms with van der Waals surface area (Å²) in [6.07, 6.45) is 6.01. The van der Waals surface area contributed by atoms with Crippen LogP contribution in [-0.4, -0.2) is 51.9 Å². The van der Waals surface area contributed by atoms with Gasteiger partial charge in [0.1, 0.15) is 11.6 Å². The number of amides is 1. The van der Waals surface area contributed by atoms with Crippen molar-refractivity contribution in [1.29, 1.82) is 0 Å². The molecule has 1 aromatic heterocycles. The molecule has 1 unspecified atom stereocenters. The number of benzene rings is 1. The summed E-state index contributed by atoms with van der Waals surface area (Å²) in [5.41, 5.74) is 3.98. The van der Waals surface area contributed by atoms with E-state index in [9.17, 15) is 9.18 Å². The van der Waals surface area contributed by atoms with Crippen LogP contribution in [0.3, 0.4) is 0 Å². The van der Waals surface area contributed by atoms with Gasteiger partial charge in [-0.3, -0.25) is 9.69 Å². The predicted molar refractivity (Wildman–Crippen MR) is 119 cm³/mol. The Morgan fingerprint density at radius 3 is 2.35 bits per heavy atom. The Kier molecular flexibility index (Phi) is 6.96. The zero-order chi connectivity index (χ0) is 21.8. The number of nitrogens with zero attached hydrogens (tertiary/aromatic N) is 4. The molecule has 0 aliphatic carbocycles. The summed E-state index contributed by atoms with van der Waals surface area (Å²) in [4.78, 5) is 26.8. The number of hydrogen-bond acceptors (Lipinski definition) is 4. The number of likely N-dealkylation sites (tertiary alicyclic amines) is 2. The van der Waals surface area contributed by atoms with Crippen molar-refractivity contribution in [1.82, 2.24) is 19.8 Å². The average Bonchev–Trinajstić information content (AvgIpc) is 2.78. The Bertz CT molecular complexity index is 885. The van der Waals surface area contributed by atoms with Gasteiger partial charge in [0.05, 0.1) is 6.42 Å². The molecule has 166 valence electrons. The highest BCUT2D eigenvalue weighted by Crippen LogP contribution is 2.27. The van der Waals surface area contributed by atoms with Crippen molar-refractivity contribution in [2.24, 2.45) is 0 Å². The summed E-state index contributed by atoms with van der Waals surface area (Å²) in [5.74, 6) is 1.19. The fourth-order valence-electron chi connectivity index (χ4n) is 4.87. The first-order valence-corrected chi connectivity index (χ1v) is 11.6. The quantitative estimate of drug-likeness (QED) is 0.723. The molecule has 0 N–H and O–H groups in total. The molecular weight excluding hydrogens is 391 g/mol. The molecule has 2 fully saturated rings. The monoisotopic (exact) mass is 424 g/mol. The van der Waals surface area contributed by atoms with E-state index in [2.05, 4.69) is 4.90 Å². The molecule has 1 amide bonds. The van der Waals surface area contributed by atoms with Crippen molar-refractivity contribution in [3.8, 4) is 0 Å². The summed E-state index contributed by atoms with van der Waals surface area (Å²) in [7, 11) is 0. The van der Waals surface area contributed by atoms with Gasteiger partial charge in [-0.2, -0.15) is 0 Å². The molecule has 31 heavy (non-hydrogen) atoms. The second-order valence-electron chi connectivity index (χ2n) is 9.05. The van der Waals surface area contributed by atoms with Crippen LogP contribution in [0.15, 0.2) is 24.3 Å². The summed E-state index contributed by atoms with van der Waals surface area (Å²) in [5, 5.41) is 0. The Morgan fingerprint density at radius 2 is 1.68 bits per heavy atom. The fraction of sp³-hybridized carbons (Fsp3) is 0.560. The topological polar surface area (TPSA) is 49.3 Å². The molecule has 0 saturated carbocycles. The van der Waals surface area contributed by atoms with E-state index < -0.39 is 0 Å². The number of carbonyl (C=O) groups excluding carboxylic acids is 1. The number of rotatable bonds is 5. The minimum absolute atomic E-state index is 0.196. The van der Waals surface area contributed by atoms with Crippen LogP contribution in [-0.2, 0) is 17.8 Å². The highest BCUT2D eigenvalue weighted by atomic mass is 19.1. The SMILES string of the molecule is Cc1nc(C2CCCN(Cc3ccc(F)cc3)C2)nc(C)c1CC(=O)N1CCCCC1. The van der Waals surface area contributed by atoms with Crippen molar-refractivity contribution >= 4 is 5.91 Å². The maximum absolute atomic E-state index is 13.2. The Hall–Kier alpha value is -2.34. The van der Waals surface area contributed by atoms with Gasteiger partial charge in [0.15, 0.2) is 0 Å². The Morgan fingerprint density at radius 1 is 1.00 bits per heavy atom. The molecule has 2 aliphatic heterocycles. The second-order valence-corrected chi connectivity index (χ2v) is 9.05. The molecule has 5 nitrogen and oxygen atoms in total. The maximum Gasteiger partial charge on any atom is 0.227 e. The van der Waals surface area contributed by atoms with Gasteiger partial charge < -0.3 is 4.90 Å². The van der Waals surface area contributed by atoms with Crippen LogP contribution in [0.5, 0.6) is 0 Å². The van der Waals surface area contributed by atoms with Crippen LogP contribution in [0.4, 0.5) is 4.39 Å². The molecule has 2 aliphatic rings. The van der Waals surface area contributed by atoms with Crippen LogP contribution in [0, 0.1) is 19.7 Å². The van der Waals surface area contributed by atoms with E-state index in [0.717, 1.165) is 86.7 Å². The molecule has 1 atom stereocenters. The van der Waals surface area contributed by atoms with Crippen LogP contribution >= 0.6 is 0 Å². The molecule has 2 aromatic rings. The number of carbonyl (C=O) groups is 1. The van der Waals surface area contributed by atoms with Crippen LogP contribution < -0.4 is 0 Å². The first-order valence-electron chi connectivity index (χ1n) is 11.6. The van der Waals surface area contributed by atoms with Crippen LogP contribution in [0.1, 0.15) is 66.4 Å². The van der Waals surface area contributed by atoms with Gasteiger partial charge in [-0.25, -0.2) is 14.4 Å². The van der Waals surface area contributed by atoms with Gasteiger partial charge >= 0.3 is 0 Å². The zero-order valence-electron chi connectivity index (χ0n) is 18.7. The Labute approximate surface area is 184 Å². The average molecular weight is 425 g/mol. The van der Waals surface area contributed by atoms with Crippen molar-refractivity contribution in [2.75, 3.05) is 26.2 Å². The molecule has 1 aromatic carbocycles. The van der Waals surface area contributed by atoms with E-state index in [4.69, 9.17) is 9.97 Å². The van der Waals surface area contributed by atoms with Crippen molar-refractivity contribution in [2.45, 2.75) is 64.8 Å². The highest BCUT2D eigenvalue weighted by Gasteiger charge is 2.26. The number of halogens is 1. The van der Waals surface area contributed by atoms with E-state index in [-0.39, 0.29) is 11.7 Å². The van der Waals surface area contributed by atoms with Crippen LogP contribution in [0.25, 0.3) is 0 Å². The molecule has 0 spiro atoms. The molecule has 0 radical (unpaired) electrons. The third-order valence-corrected chi connectivity index (χ3v) is 6.66. The largest absolute Gasteiger partial charge is 0.342 e. The molecule has 6 heteroatoms. The summed E-state index contributed by atoms with van der Waals surface area (Å²) < 4.78 is 13.2. The number of hydrogen-bond donors (Lipinski definition) is 0. The van der Waals surface area contributed by atoms with E-state index >= 15 is 0 Å². The molecular formula is C25H33FN4O. The second kappa shape index (κ2) is 9.86.